The minimum atomic E-state index is -0.625. The lowest BCUT2D eigenvalue weighted by Crippen LogP contribution is -2.29. The van der Waals surface area contributed by atoms with E-state index in [1.165, 1.54) is 0 Å². The number of hydrogen-bond acceptors (Lipinski definition) is 2. The van der Waals surface area contributed by atoms with Crippen LogP contribution in [0.3, 0.4) is 0 Å². The topological polar surface area (TPSA) is 79.2 Å². The molecule has 0 aromatic rings. The molecule has 0 rings (SSSR count). The molecule has 0 fully saturated rings. The predicted molar refractivity (Wildman–Crippen MR) is 36.3 cm³/mol. The highest BCUT2D eigenvalue weighted by molar-refractivity contribution is 5.85. The van der Waals surface area contributed by atoms with Gasteiger partial charge in [0.25, 0.3) is 5.91 Å². The van der Waals surface area contributed by atoms with Crippen LogP contribution in [0, 0.1) is 0 Å². The van der Waals surface area contributed by atoms with Gasteiger partial charge in [0.05, 0.1) is 6.04 Å². The van der Waals surface area contributed by atoms with Crippen LogP contribution in [0.4, 0.5) is 0 Å². The summed E-state index contributed by atoms with van der Waals surface area (Å²) in [5.74, 6) is -0.428. The normalized spacial score (nSPS) is 12.7. The molecule has 0 aliphatic carbocycles. The van der Waals surface area contributed by atoms with Crippen LogP contribution >= 0.6 is 0 Å². The van der Waals surface area contributed by atoms with Gasteiger partial charge in [0, 0.05) is 0 Å². The van der Waals surface area contributed by atoms with E-state index in [1.54, 1.807) is 0 Å². The summed E-state index contributed by atoms with van der Waals surface area (Å²) in [5, 5.41) is 0. The number of amides is 1. The zero-order chi connectivity index (χ0) is 7.28. The summed E-state index contributed by atoms with van der Waals surface area (Å²) in [6.45, 7) is 3.18. The van der Waals surface area contributed by atoms with E-state index < -0.39 is 11.9 Å². The van der Waals surface area contributed by atoms with Crippen LogP contribution in [0.2, 0.25) is 0 Å². The van der Waals surface area contributed by atoms with Crippen molar-refractivity contribution in [2.24, 2.45) is 10.7 Å². The molecule has 0 spiro atoms. The Labute approximate surface area is 53.9 Å². The van der Waals surface area contributed by atoms with Crippen molar-refractivity contribution in [2.75, 3.05) is 6.54 Å². The molecule has 4 nitrogen and oxygen atoms in total. The molecule has 1 atom stereocenters. The van der Waals surface area contributed by atoms with E-state index >= 15 is 0 Å². The number of rotatable bonds is 3. The summed E-state index contributed by atoms with van der Waals surface area (Å²) in [6, 6.07) is -0.625. The summed E-state index contributed by atoms with van der Waals surface area (Å²) in [6.07, 6.45) is 0.359. The summed E-state index contributed by atoms with van der Waals surface area (Å²) >= 11 is 0. The van der Waals surface area contributed by atoms with Crippen molar-refractivity contribution < 1.29 is 4.79 Å². The Kier molecular flexibility index (Phi) is 3.83. The average molecular weight is 128 g/mol. The molecule has 52 valence electrons. The number of nitrogens with two attached hydrogens (primary N) is 1. The second-order valence-electron chi connectivity index (χ2n) is 1.64. The lowest BCUT2D eigenvalue weighted by Gasteiger charge is -2.06. The third-order valence-electron chi connectivity index (χ3n) is 0.928. The van der Waals surface area contributed by atoms with Crippen molar-refractivity contribution in [3.63, 3.8) is 0 Å². The van der Waals surface area contributed by atoms with Crippen molar-refractivity contribution in [3.05, 3.63) is 5.73 Å². The zero-order valence-electron chi connectivity index (χ0n) is 5.13. The van der Waals surface area contributed by atoms with Crippen molar-refractivity contribution >= 4 is 12.6 Å². The fourth-order valence-electron chi connectivity index (χ4n) is 0.396. The highest BCUT2D eigenvalue weighted by Gasteiger charge is 2.06. The Bertz CT molecular complexity index is 113. The van der Waals surface area contributed by atoms with E-state index in [1.807, 2.05) is 0 Å². The van der Waals surface area contributed by atoms with Gasteiger partial charge in [-0.1, -0.05) is 0 Å². The molecule has 0 saturated carbocycles. The van der Waals surface area contributed by atoms with Crippen LogP contribution in [0.5, 0.6) is 0 Å². The van der Waals surface area contributed by atoms with Crippen molar-refractivity contribution in [3.8, 4) is 0 Å². The van der Waals surface area contributed by atoms with Gasteiger partial charge < -0.3 is 11.5 Å². The molecule has 0 aliphatic heterocycles. The second kappa shape index (κ2) is 4.17. The van der Waals surface area contributed by atoms with E-state index in [-0.39, 0.29) is 6.54 Å². The minimum absolute atomic E-state index is 0.155. The molecule has 0 aliphatic rings. The number of nitrogens with one attached hydrogen (secondary N) is 1. The summed E-state index contributed by atoms with van der Waals surface area (Å²) in [5.41, 5.74) is 11.9. The summed E-state index contributed by atoms with van der Waals surface area (Å²) in [7, 11) is 0. The standard InChI is InChI=1S/C5H10N3O/c1-8-5(9)4(7)2-3-6/h4,6H,1-3,7H2/q-1/t4-/m0/s1. The van der Waals surface area contributed by atoms with Crippen LogP contribution in [-0.4, -0.2) is 25.2 Å². The Hall–Kier alpha value is -0.740. The lowest BCUT2D eigenvalue weighted by molar-refractivity contribution is -0.119. The van der Waals surface area contributed by atoms with Gasteiger partial charge in [-0.3, -0.25) is 4.79 Å². The van der Waals surface area contributed by atoms with Gasteiger partial charge in [-0.05, 0) is 13.1 Å². The van der Waals surface area contributed by atoms with Gasteiger partial charge in [-0.15, -0.1) is 6.54 Å². The maximum absolute atomic E-state index is 10.5. The number of carbonyl (C=O) groups is 1. The van der Waals surface area contributed by atoms with E-state index in [0.29, 0.717) is 6.42 Å². The Morgan fingerprint density at radius 2 is 2.44 bits per heavy atom. The molecule has 0 radical (unpaired) electrons. The molecule has 0 saturated heterocycles. The van der Waals surface area contributed by atoms with Gasteiger partial charge >= 0.3 is 0 Å². The average Bonchev–Trinajstić information content (AvgIpc) is 1.87. The lowest BCUT2D eigenvalue weighted by atomic mass is 10.2. The maximum atomic E-state index is 10.5. The molecule has 0 heterocycles. The largest absolute Gasteiger partial charge is 0.677 e. The number of hydrogen-bond donors (Lipinski definition) is 1. The van der Waals surface area contributed by atoms with E-state index in [2.05, 4.69) is 11.7 Å². The molecule has 0 bridgehead atoms. The maximum Gasteiger partial charge on any atom is 0.261 e. The highest BCUT2D eigenvalue weighted by Crippen LogP contribution is 1.89. The van der Waals surface area contributed by atoms with Crippen LogP contribution in [-0.2, 0) is 4.79 Å². The second-order valence-corrected chi connectivity index (χ2v) is 1.64. The Balaban J connectivity index is 3.58. The predicted octanol–water partition coefficient (Wildman–Crippen LogP) is -0.0168. The fraction of sp³-hybridized carbons (Fsp3) is 0.600. The molecule has 0 aromatic carbocycles. The molecule has 3 N–H and O–H groups in total. The molecule has 0 unspecified atom stereocenters. The first-order valence-corrected chi connectivity index (χ1v) is 2.63. The van der Waals surface area contributed by atoms with Crippen molar-refractivity contribution in [1.82, 2.24) is 0 Å². The Morgan fingerprint density at radius 3 is 2.78 bits per heavy atom. The van der Waals surface area contributed by atoms with Crippen molar-refractivity contribution in [2.45, 2.75) is 12.5 Å². The third-order valence-corrected chi connectivity index (χ3v) is 0.928. The van der Waals surface area contributed by atoms with E-state index in [9.17, 15) is 4.79 Å². The zero-order valence-corrected chi connectivity index (χ0v) is 5.13. The first-order chi connectivity index (χ1) is 4.22. The molecular formula is C5H10N3O-. The van der Waals surface area contributed by atoms with Crippen LogP contribution in [0.1, 0.15) is 6.42 Å². The molecule has 9 heavy (non-hydrogen) atoms. The quantitative estimate of drug-likeness (QED) is 0.542. The molecule has 0 aromatic heterocycles. The number of carbonyl (C=O) groups excluding carboxylic acids is 1. The van der Waals surface area contributed by atoms with Gasteiger partial charge in [-0.25, -0.2) is 4.99 Å². The first-order valence-electron chi connectivity index (χ1n) is 2.63. The van der Waals surface area contributed by atoms with Gasteiger partial charge in [0.15, 0.2) is 0 Å². The molecule has 1 amide bonds. The van der Waals surface area contributed by atoms with E-state index in [0.717, 1.165) is 0 Å². The molecule has 4 heteroatoms. The Morgan fingerprint density at radius 1 is 1.89 bits per heavy atom. The molecular weight excluding hydrogens is 118 g/mol. The van der Waals surface area contributed by atoms with Crippen LogP contribution in [0.15, 0.2) is 4.99 Å². The SMILES string of the molecule is C=NC(=O)[C@@H](N)CC[NH-]. The van der Waals surface area contributed by atoms with Gasteiger partial charge in [0.2, 0.25) is 0 Å². The van der Waals surface area contributed by atoms with Crippen molar-refractivity contribution in [1.29, 1.82) is 0 Å². The minimum Gasteiger partial charge on any atom is -0.677 e. The van der Waals surface area contributed by atoms with Gasteiger partial charge in [0.1, 0.15) is 0 Å². The fourth-order valence-corrected chi connectivity index (χ4v) is 0.396. The first kappa shape index (κ1) is 8.26. The summed E-state index contributed by atoms with van der Waals surface area (Å²) in [4.78, 5) is 13.6. The van der Waals surface area contributed by atoms with E-state index in [4.69, 9.17) is 11.5 Å². The summed E-state index contributed by atoms with van der Waals surface area (Å²) < 4.78 is 0. The highest BCUT2D eigenvalue weighted by atomic mass is 16.1. The van der Waals surface area contributed by atoms with Gasteiger partial charge in [-0.2, -0.15) is 0 Å². The van der Waals surface area contributed by atoms with Crippen LogP contribution in [0.25, 0.3) is 5.73 Å². The smallest absolute Gasteiger partial charge is 0.261 e. The number of aliphatic imine (C=N–C) groups is 1. The number of nitrogens with zero attached hydrogens (tertiary/aromatic N) is 1. The van der Waals surface area contributed by atoms with Crippen LogP contribution < -0.4 is 5.73 Å². The monoisotopic (exact) mass is 128 g/mol. The third kappa shape index (κ3) is 2.94.